The van der Waals surface area contributed by atoms with Crippen molar-refractivity contribution in [3.8, 4) is 0 Å². The van der Waals surface area contributed by atoms with Crippen LogP contribution in [-0.2, 0) is 9.53 Å². The van der Waals surface area contributed by atoms with Crippen molar-refractivity contribution in [3.05, 3.63) is 22.8 Å². The van der Waals surface area contributed by atoms with E-state index in [1.807, 2.05) is 22.6 Å². The molecular formula is C6H7IO2. The van der Waals surface area contributed by atoms with Crippen LogP contribution in [0.25, 0.3) is 0 Å². The van der Waals surface area contributed by atoms with Crippen LogP contribution in [0.3, 0.4) is 0 Å². The highest BCUT2D eigenvalue weighted by molar-refractivity contribution is 14.1. The summed E-state index contributed by atoms with van der Waals surface area (Å²) in [5, 5.41) is 0. The fraction of sp³-hybridized carbons (Fsp3) is 0.167. The lowest BCUT2D eigenvalue weighted by molar-refractivity contribution is -0.136. The van der Waals surface area contributed by atoms with E-state index in [0.29, 0.717) is 0 Å². The third kappa shape index (κ3) is 5.55. The Morgan fingerprint density at radius 1 is 1.78 bits per heavy atom. The summed E-state index contributed by atoms with van der Waals surface area (Å²) < 4.78 is 6.18. The lowest BCUT2D eigenvalue weighted by atomic mass is 10.6. The van der Waals surface area contributed by atoms with Crippen LogP contribution in [0.15, 0.2) is 22.8 Å². The fourth-order valence-corrected chi connectivity index (χ4v) is 0.534. The first kappa shape index (κ1) is 8.68. The number of esters is 1. The molecule has 2 nitrogen and oxygen atoms in total. The zero-order valence-electron chi connectivity index (χ0n) is 4.84. The van der Waals surface area contributed by atoms with Gasteiger partial charge in [-0.25, -0.2) is 4.79 Å². The second kappa shape index (κ2) is 5.81. The molecule has 0 aromatic carbocycles. The normalized spacial score (nSPS) is 9.44. The molecule has 9 heavy (non-hydrogen) atoms. The van der Waals surface area contributed by atoms with E-state index in [0.717, 1.165) is 0 Å². The van der Waals surface area contributed by atoms with Gasteiger partial charge in [0.1, 0.15) is 6.61 Å². The molecule has 0 aliphatic heterocycles. The Hall–Kier alpha value is -0.320. The predicted octanol–water partition coefficient (Wildman–Crippen LogP) is 1.66. The molecule has 0 unspecified atom stereocenters. The zero-order chi connectivity index (χ0) is 7.11. The molecule has 0 amide bonds. The zero-order valence-corrected chi connectivity index (χ0v) is 7.00. The maximum atomic E-state index is 10.4. The monoisotopic (exact) mass is 238 g/mol. The summed E-state index contributed by atoms with van der Waals surface area (Å²) in [5.74, 6) is -0.329. The summed E-state index contributed by atoms with van der Waals surface area (Å²) >= 11 is 1.95. The van der Waals surface area contributed by atoms with Crippen LogP contribution in [-0.4, -0.2) is 12.6 Å². The molecule has 3 heteroatoms. The number of hydrogen-bond acceptors (Lipinski definition) is 2. The first-order valence-corrected chi connectivity index (χ1v) is 3.60. The molecule has 0 heterocycles. The van der Waals surface area contributed by atoms with Crippen molar-refractivity contribution < 1.29 is 9.53 Å². The van der Waals surface area contributed by atoms with Gasteiger partial charge >= 0.3 is 5.97 Å². The van der Waals surface area contributed by atoms with E-state index in [-0.39, 0.29) is 12.6 Å². The molecule has 50 valence electrons. The van der Waals surface area contributed by atoms with Crippen molar-refractivity contribution in [2.75, 3.05) is 6.61 Å². The second-order valence-electron chi connectivity index (χ2n) is 1.21. The van der Waals surface area contributed by atoms with Crippen LogP contribution < -0.4 is 0 Å². The Kier molecular flexibility index (Phi) is 5.60. The minimum absolute atomic E-state index is 0.278. The van der Waals surface area contributed by atoms with Crippen molar-refractivity contribution in [2.24, 2.45) is 0 Å². The fourth-order valence-electron chi connectivity index (χ4n) is 0.241. The van der Waals surface area contributed by atoms with E-state index >= 15 is 0 Å². The van der Waals surface area contributed by atoms with Gasteiger partial charge in [0.2, 0.25) is 0 Å². The van der Waals surface area contributed by atoms with Gasteiger partial charge in [-0.1, -0.05) is 35.2 Å². The lowest BCUT2D eigenvalue weighted by Gasteiger charge is -1.92. The molecule has 0 saturated carbocycles. The van der Waals surface area contributed by atoms with Gasteiger partial charge in [-0.2, -0.15) is 0 Å². The van der Waals surface area contributed by atoms with Crippen LogP contribution in [0, 0.1) is 0 Å². The molecule has 0 aromatic rings. The Morgan fingerprint density at radius 3 is 2.89 bits per heavy atom. The molecular weight excluding hydrogens is 231 g/mol. The molecule has 0 N–H and O–H groups in total. The Labute approximate surface area is 67.7 Å². The van der Waals surface area contributed by atoms with Gasteiger partial charge in [0.15, 0.2) is 0 Å². The topological polar surface area (TPSA) is 26.3 Å². The molecule has 0 aromatic heterocycles. The SMILES string of the molecule is C=CCOC(=O)C=CI. The van der Waals surface area contributed by atoms with E-state index in [9.17, 15) is 4.79 Å². The van der Waals surface area contributed by atoms with Gasteiger partial charge in [-0.3, -0.25) is 0 Å². The van der Waals surface area contributed by atoms with E-state index in [1.165, 1.54) is 12.2 Å². The number of hydrogen-bond donors (Lipinski definition) is 0. The Balaban J connectivity index is 3.38. The summed E-state index contributed by atoms with van der Waals surface area (Å²) in [6, 6.07) is 0. The first-order chi connectivity index (χ1) is 4.31. The van der Waals surface area contributed by atoms with E-state index < -0.39 is 0 Å². The minimum Gasteiger partial charge on any atom is -0.458 e. The molecule has 0 fully saturated rings. The summed E-state index contributed by atoms with van der Waals surface area (Å²) in [7, 11) is 0. The van der Waals surface area contributed by atoms with Gasteiger partial charge in [0, 0.05) is 6.08 Å². The van der Waals surface area contributed by atoms with Crippen LogP contribution in [0.5, 0.6) is 0 Å². The number of carbonyl (C=O) groups excluding carboxylic acids is 1. The Bertz CT molecular complexity index is 129. The van der Waals surface area contributed by atoms with Gasteiger partial charge in [-0.15, -0.1) is 0 Å². The molecule has 0 atom stereocenters. The highest BCUT2D eigenvalue weighted by Gasteiger charge is 1.90. The number of halogens is 1. The molecule has 0 spiro atoms. The van der Waals surface area contributed by atoms with Gasteiger partial charge in [0.25, 0.3) is 0 Å². The second-order valence-corrected chi connectivity index (χ2v) is 1.93. The van der Waals surface area contributed by atoms with Gasteiger partial charge < -0.3 is 4.74 Å². The van der Waals surface area contributed by atoms with Gasteiger partial charge in [0.05, 0.1) is 0 Å². The van der Waals surface area contributed by atoms with Gasteiger partial charge in [-0.05, 0) is 4.08 Å². The highest BCUT2D eigenvalue weighted by atomic mass is 127. The number of ether oxygens (including phenoxy) is 1. The molecule has 0 aliphatic rings. The summed E-state index contributed by atoms with van der Waals surface area (Å²) in [6.45, 7) is 3.67. The Morgan fingerprint density at radius 2 is 2.44 bits per heavy atom. The number of carbonyl (C=O) groups is 1. The highest BCUT2D eigenvalue weighted by Crippen LogP contribution is 1.86. The molecule has 0 rings (SSSR count). The minimum atomic E-state index is -0.329. The van der Waals surface area contributed by atoms with E-state index in [2.05, 4.69) is 11.3 Å². The van der Waals surface area contributed by atoms with Crippen LogP contribution in [0.4, 0.5) is 0 Å². The maximum Gasteiger partial charge on any atom is 0.331 e. The van der Waals surface area contributed by atoms with Crippen molar-refractivity contribution in [1.29, 1.82) is 0 Å². The van der Waals surface area contributed by atoms with Crippen LogP contribution in [0.2, 0.25) is 0 Å². The quantitative estimate of drug-likeness (QED) is 0.323. The predicted molar refractivity (Wildman–Crippen MR) is 44.3 cm³/mol. The van der Waals surface area contributed by atoms with Crippen molar-refractivity contribution >= 4 is 28.6 Å². The van der Waals surface area contributed by atoms with Crippen molar-refractivity contribution in [3.63, 3.8) is 0 Å². The maximum absolute atomic E-state index is 10.4. The standard InChI is InChI=1S/C6H7IO2/c1-2-5-9-6(8)3-4-7/h2-4H,1,5H2. The largest absolute Gasteiger partial charge is 0.458 e. The summed E-state index contributed by atoms with van der Waals surface area (Å²) in [4.78, 5) is 10.4. The smallest absolute Gasteiger partial charge is 0.331 e. The lowest BCUT2D eigenvalue weighted by Crippen LogP contribution is -1.98. The van der Waals surface area contributed by atoms with Crippen molar-refractivity contribution in [1.82, 2.24) is 0 Å². The average Bonchev–Trinajstić information content (AvgIpc) is 1.85. The van der Waals surface area contributed by atoms with Crippen molar-refractivity contribution in [2.45, 2.75) is 0 Å². The average molecular weight is 238 g/mol. The molecule has 0 bridgehead atoms. The molecule has 0 radical (unpaired) electrons. The van der Waals surface area contributed by atoms with Crippen LogP contribution in [0.1, 0.15) is 0 Å². The third-order valence-corrected chi connectivity index (χ3v) is 0.902. The molecule has 0 aliphatic carbocycles. The third-order valence-electron chi connectivity index (χ3n) is 0.543. The first-order valence-electron chi connectivity index (χ1n) is 2.35. The number of rotatable bonds is 3. The summed E-state index contributed by atoms with van der Waals surface area (Å²) in [6.07, 6.45) is 2.88. The van der Waals surface area contributed by atoms with E-state index in [1.54, 1.807) is 4.08 Å². The van der Waals surface area contributed by atoms with Crippen LogP contribution >= 0.6 is 22.6 Å². The summed E-state index contributed by atoms with van der Waals surface area (Å²) in [5.41, 5.74) is 0. The molecule has 0 saturated heterocycles. The van der Waals surface area contributed by atoms with E-state index in [4.69, 9.17) is 0 Å².